The van der Waals surface area contributed by atoms with Crippen molar-refractivity contribution in [2.24, 2.45) is 0 Å². The van der Waals surface area contributed by atoms with Crippen LogP contribution in [0.1, 0.15) is 31.4 Å². The Morgan fingerprint density at radius 3 is 2.06 bits per heavy atom. The van der Waals surface area contributed by atoms with Crippen LogP contribution in [0.4, 0.5) is 0 Å². The zero-order valence-electron chi connectivity index (χ0n) is 11.0. The smallest absolute Gasteiger partial charge is 0.161 e. The Bertz CT molecular complexity index is 397. The summed E-state index contributed by atoms with van der Waals surface area (Å²) in [6.45, 7) is 3.72. The van der Waals surface area contributed by atoms with E-state index in [1.165, 1.54) is 5.56 Å². The molecule has 0 heterocycles. The van der Waals surface area contributed by atoms with Gasteiger partial charge in [-0.1, -0.05) is 13.3 Å². The van der Waals surface area contributed by atoms with Crippen molar-refractivity contribution in [3.05, 3.63) is 23.3 Å². The van der Waals surface area contributed by atoms with Crippen LogP contribution < -0.4 is 9.47 Å². The molecule has 3 heteroatoms. The van der Waals surface area contributed by atoms with Gasteiger partial charge in [-0.2, -0.15) is 0 Å². The van der Waals surface area contributed by atoms with Crippen LogP contribution in [0.15, 0.2) is 12.1 Å². The molecule has 0 unspecified atom stereocenters. The van der Waals surface area contributed by atoms with E-state index in [0.29, 0.717) is 12.2 Å². The molecule has 0 amide bonds. The molecule has 1 aromatic rings. The third-order valence-corrected chi connectivity index (χ3v) is 2.66. The number of ether oxygens (including phenoxy) is 2. The van der Waals surface area contributed by atoms with Gasteiger partial charge in [0.25, 0.3) is 0 Å². The number of methoxy groups -OCH3 is 2. The van der Waals surface area contributed by atoms with E-state index >= 15 is 0 Å². The van der Waals surface area contributed by atoms with Crippen LogP contribution in [0.5, 0.6) is 11.5 Å². The number of ketones is 1. The SMILES string of the molecule is CCCc1cc(OC)c(OC)cc1CC(C)=O. The second-order valence-electron chi connectivity index (χ2n) is 4.10. The van der Waals surface area contributed by atoms with Crippen LogP contribution >= 0.6 is 0 Å². The molecule has 0 fully saturated rings. The molecular weight excluding hydrogens is 216 g/mol. The highest BCUT2D eigenvalue weighted by molar-refractivity contribution is 5.79. The van der Waals surface area contributed by atoms with Gasteiger partial charge in [0.1, 0.15) is 5.78 Å². The molecule has 0 bridgehead atoms. The van der Waals surface area contributed by atoms with E-state index in [-0.39, 0.29) is 5.78 Å². The minimum atomic E-state index is 0.162. The summed E-state index contributed by atoms with van der Waals surface area (Å²) in [6.07, 6.45) is 2.44. The molecule has 0 atom stereocenters. The number of Topliss-reactive ketones (excluding diaryl/α,β-unsaturated/α-hetero) is 1. The molecule has 0 aromatic heterocycles. The number of carbonyl (C=O) groups excluding carboxylic acids is 1. The second kappa shape index (κ2) is 6.28. The standard InChI is InChI=1S/C14H20O3/c1-5-6-11-8-13(16-3)14(17-4)9-12(11)7-10(2)15/h8-9H,5-7H2,1-4H3. The van der Waals surface area contributed by atoms with Crippen LogP contribution in [0.25, 0.3) is 0 Å². The Kier molecular flexibility index (Phi) is 5.01. The molecule has 1 aromatic carbocycles. The van der Waals surface area contributed by atoms with Gasteiger partial charge < -0.3 is 9.47 Å². The largest absolute Gasteiger partial charge is 0.493 e. The fourth-order valence-electron chi connectivity index (χ4n) is 1.90. The summed E-state index contributed by atoms with van der Waals surface area (Å²) in [4.78, 5) is 11.3. The van der Waals surface area contributed by atoms with Crippen LogP contribution in [-0.4, -0.2) is 20.0 Å². The molecule has 0 N–H and O–H groups in total. The Balaban J connectivity index is 3.19. The van der Waals surface area contributed by atoms with Gasteiger partial charge in [-0.25, -0.2) is 0 Å². The first-order valence-corrected chi connectivity index (χ1v) is 5.85. The van der Waals surface area contributed by atoms with Crippen molar-refractivity contribution in [2.45, 2.75) is 33.1 Å². The van der Waals surface area contributed by atoms with Crippen LogP contribution in [-0.2, 0) is 17.6 Å². The average Bonchev–Trinajstić information content (AvgIpc) is 2.30. The van der Waals surface area contributed by atoms with Crippen molar-refractivity contribution >= 4 is 5.78 Å². The van der Waals surface area contributed by atoms with Gasteiger partial charge in [0.05, 0.1) is 14.2 Å². The van der Waals surface area contributed by atoms with E-state index < -0.39 is 0 Å². The maximum absolute atomic E-state index is 11.3. The lowest BCUT2D eigenvalue weighted by molar-refractivity contribution is -0.116. The van der Waals surface area contributed by atoms with E-state index in [0.717, 1.165) is 24.2 Å². The highest BCUT2D eigenvalue weighted by Gasteiger charge is 2.11. The average molecular weight is 236 g/mol. The summed E-state index contributed by atoms with van der Waals surface area (Å²) in [7, 11) is 3.23. The highest BCUT2D eigenvalue weighted by atomic mass is 16.5. The normalized spacial score (nSPS) is 10.1. The summed E-state index contributed by atoms with van der Waals surface area (Å²) in [6, 6.07) is 3.88. The van der Waals surface area contributed by atoms with Gasteiger partial charge in [-0.05, 0) is 36.6 Å². The summed E-state index contributed by atoms with van der Waals surface area (Å²) >= 11 is 0. The highest BCUT2D eigenvalue weighted by Crippen LogP contribution is 2.31. The summed E-state index contributed by atoms with van der Waals surface area (Å²) in [5.74, 6) is 1.57. The predicted molar refractivity (Wildman–Crippen MR) is 67.9 cm³/mol. The van der Waals surface area contributed by atoms with Crippen molar-refractivity contribution in [3.63, 3.8) is 0 Å². The third kappa shape index (κ3) is 3.48. The molecule has 0 aliphatic heterocycles. The maximum Gasteiger partial charge on any atom is 0.161 e. The number of benzene rings is 1. The van der Waals surface area contributed by atoms with E-state index in [2.05, 4.69) is 6.92 Å². The zero-order chi connectivity index (χ0) is 12.8. The molecule has 1 rings (SSSR count). The monoisotopic (exact) mass is 236 g/mol. The van der Waals surface area contributed by atoms with Gasteiger partial charge in [0.15, 0.2) is 11.5 Å². The Hall–Kier alpha value is -1.51. The summed E-state index contributed by atoms with van der Waals surface area (Å²) in [5, 5.41) is 0. The summed E-state index contributed by atoms with van der Waals surface area (Å²) in [5.41, 5.74) is 2.21. The van der Waals surface area contributed by atoms with Crippen molar-refractivity contribution in [2.75, 3.05) is 14.2 Å². The fraction of sp³-hybridized carbons (Fsp3) is 0.500. The van der Waals surface area contributed by atoms with Crippen molar-refractivity contribution in [1.29, 1.82) is 0 Å². The minimum absolute atomic E-state index is 0.162. The number of carbonyl (C=O) groups is 1. The number of hydrogen-bond donors (Lipinski definition) is 0. The lowest BCUT2D eigenvalue weighted by Gasteiger charge is -2.13. The quantitative estimate of drug-likeness (QED) is 0.762. The van der Waals surface area contributed by atoms with Crippen molar-refractivity contribution < 1.29 is 14.3 Å². The number of aryl methyl sites for hydroxylation is 1. The first kappa shape index (κ1) is 13.6. The molecule has 0 aliphatic rings. The van der Waals surface area contributed by atoms with Gasteiger partial charge in [0, 0.05) is 6.42 Å². The first-order valence-electron chi connectivity index (χ1n) is 5.85. The van der Waals surface area contributed by atoms with Gasteiger partial charge >= 0.3 is 0 Å². The van der Waals surface area contributed by atoms with E-state index in [4.69, 9.17) is 9.47 Å². The van der Waals surface area contributed by atoms with Crippen LogP contribution in [0, 0.1) is 0 Å². The van der Waals surface area contributed by atoms with Gasteiger partial charge in [-0.3, -0.25) is 4.79 Å². The molecule has 3 nitrogen and oxygen atoms in total. The van der Waals surface area contributed by atoms with Crippen LogP contribution in [0.2, 0.25) is 0 Å². The van der Waals surface area contributed by atoms with E-state index in [1.54, 1.807) is 21.1 Å². The molecule has 0 aliphatic carbocycles. The molecular formula is C14H20O3. The molecule has 0 spiro atoms. The molecule has 0 saturated carbocycles. The lowest BCUT2D eigenvalue weighted by atomic mass is 9.98. The number of hydrogen-bond acceptors (Lipinski definition) is 3. The first-order chi connectivity index (χ1) is 8.12. The number of rotatable bonds is 6. The Labute approximate surface area is 103 Å². The van der Waals surface area contributed by atoms with Crippen LogP contribution in [0.3, 0.4) is 0 Å². The van der Waals surface area contributed by atoms with Crippen molar-refractivity contribution in [3.8, 4) is 11.5 Å². The molecule has 17 heavy (non-hydrogen) atoms. The van der Waals surface area contributed by atoms with E-state index in [9.17, 15) is 4.79 Å². The second-order valence-corrected chi connectivity index (χ2v) is 4.10. The minimum Gasteiger partial charge on any atom is -0.493 e. The molecule has 94 valence electrons. The summed E-state index contributed by atoms with van der Waals surface area (Å²) < 4.78 is 10.5. The third-order valence-electron chi connectivity index (χ3n) is 2.66. The van der Waals surface area contributed by atoms with Crippen molar-refractivity contribution in [1.82, 2.24) is 0 Å². The lowest BCUT2D eigenvalue weighted by Crippen LogP contribution is -2.03. The molecule has 0 saturated heterocycles. The van der Waals surface area contributed by atoms with Gasteiger partial charge in [0.2, 0.25) is 0 Å². The van der Waals surface area contributed by atoms with E-state index in [1.807, 2.05) is 12.1 Å². The van der Waals surface area contributed by atoms with Gasteiger partial charge in [-0.15, -0.1) is 0 Å². The molecule has 0 radical (unpaired) electrons. The fourth-order valence-corrected chi connectivity index (χ4v) is 1.90. The Morgan fingerprint density at radius 1 is 1.12 bits per heavy atom. The predicted octanol–water partition coefficient (Wildman–Crippen LogP) is 2.79. The Morgan fingerprint density at radius 2 is 1.65 bits per heavy atom. The topological polar surface area (TPSA) is 35.5 Å². The maximum atomic E-state index is 11.3. The zero-order valence-corrected chi connectivity index (χ0v) is 11.0.